The Hall–Kier alpha value is -2.58. The molecule has 2 rings (SSSR count). The molecular formula is C14H13F3N2O4. The molecule has 9 heteroatoms. The molecule has 1 saturated heterocycles. The van der Waals surface area contributed by atoms with Gasteiger partial charge in [-0.15, -0.1) is 0 Å². The number of halogens is 3. The Kier molecular flexibility index (Phi) is 4.87. The molecular weight excluding hydrogens is 317 g/mol. The Balaban J connectivity index is 1.85. The predicted molar refractivity (Wildman–Crippen MR) is 72.2 cm³/mol. The first-order valence-corrected chi connectivity index (χ1v) is 6.69. The van der Waals surface area contributed by atoms with E-state index in [0.717, 1.165) is 18.2 Å². The van der Waals surface area contributed by atoms with Gasteiger partial charge in [-0.05, 0) is 24.6 Å². The number of hydrogen-bond acceptors (Lipinski definition) is 4. The van der Waals surface area contributed by atoms with Crippen LogP contribution in [0.1, 0.15) is 18.4 Å². The first-order valence-electron chi connectivity index (χ1n) is 6.69. The lowest BCUT2D eigenvalue weighted by molar-refractivity contribution is -0.149. The van der Waals surface area contributed by atoms with Gasteiger partial charge >= 0.3 is 12.1 Å². The van der Waals surface area contributed by atoms with Gasteiger partial charge in [0.1, 0.15) is 6.04 Å². The second-order valence-corrected chi connectivity index (χ2v) is 4.89. The molecule has 0 bridgehead atoms. The van der Waals surface area contributed by atoms with Crippen LogP contribution in [0.5, 0.6) is 0 Å². The molecule has 0 unspecified atom stereocenters. The summed E-state index contributed by atoms with van der Waals surface area (Å²) in [6, 6.07) is 3.30. The zero-order chi connectivity index (χ0) is 17.0. The first-order chi connectivity index (χ1) is 10.8. The molecule has 23 heavy (non-hydrogen) atoms. The third kappa shape index (κ3) is 4.70. The van der Waals surface area contributed by atoms with Crippen LogP contribution in [0.25, 0.3) is 0 Å². The van der Waals surface area contributed by atoms with E-state index in [-0.39, 0.29) is 24.4 Å². The summed E-state index contributed by atoms with van der Waals surface area (Å²) in [5.41, 5.74) is -0.962. The molecule has 0 aliphatic carbocycles. The molecule has 0 saturated carbocycles. The minimum absolute atomic E-state index is 0.0601. The van der Waals surface area contributed by atoms with E-state index in [1.165, 1.54) is 6.07 Å². The van der Waals surface area contributed by atoms with Crippen molar-refractivity contribution in [1.29, 1.82) is 0 Å². The number of alkyl halides is 3. The summed E-state index contributed by atoms with van der Waals surface area (Å²) in [5.74, 6) is -1.81. The monoisotopic (exact) mass is 330 g/mol. The van der Waals surface area contributed by atoms with E-state index in [9.17, 15) is 27.6 Å². The molecule has 1 aromatic rings. The van der Waals surface area contributed by atoms with Crippen molar-refractivity contribution in [3.05, 3.63) is 29.8 Å². The molecule has 124 valence electrons. The van der Waals surface area contributed by atoms with Crippen LogP contribution >= 0.6 is 0 Å². The summed E-state index contributed by atoms with van der Waals surface area (Å²) in [7, 11) is 0. The van der Waals surface area contributed by atoms with E-state index in [4.69, 9.17) is 4.74 Å². The van der Waals surface area contributed by atoms with Crippen LogP contribution in [0.4, 0.5) is 18.9 Å². The van der Waals surface area contributed by atoms with Gasteiger partial charge in [0.15, 0.2) is 6.61 Å². The highest BCUT2D eigenvalue weighted by atomic mass is 19.4. The van der Waals surface area contributed by atoms with Crippen LogP contribution in [0.15, 0.2) is 24.3 Å². The predicted octanol–water partition coefficient (Wildman–Crippen LogP) is 1.47. The standard InChI is InChI=1S/C14H13F3N2O4/c15-14(16,17)8-2-1-3-9(6-8)18-12(21)7-23-13(22)10-4-5-11(20)19-10/h1-3,6,10H,4-5,7H2,(H,18,21)(H,19,20)/t10-/m1/s1. The Morgan fingerprint density at radius 2 is 2.09 bits per heavy atom. The van der Waals surface area contributed by atoms with E-state index in [0.29, 0.717) is 0 Å². The van der Waals surface area contributed by atoms with E-state index in [1.54, 1.807) is 0 Å². The van der Waals surface area contributed by atoms with E-state index in [2.05, 4.69) is 10.6 Å². The lowest BCUT2D eigenvalue weighted by Crippen LogP contribution is -2.36. The lowest BCUT2D eigenvalue weighted by Gasteiger charge is -2.11. The average molecular weight is 330 g/mol. The van der Waals surface area contributed by atoms with Gasteiger partial charge in [0.25, 0.3) is 5.91 Å². The molecule has 1 heterocycles. The maximum absolute atomic E-state index is 12.5. The van der Waals surface area contributed by atoms with Crippen molar-refractivity contribution in [2.75, 3.05) is 11.9 Å². The number of benzene rings is 1. The van der Waals surface area contributed by atoms with Crippen molar-refractivity contribution in [3.63, 3.8) is 0 Å². The van der Waals surface area contributed by atoms with Crippen molar-refractivity contribution in [2.45, 2.75) is 25.1 Å². The number of carbonyl (C=O) groups excluding carboxylic acids is 3. The number of rotatable bonds is 4. The highest BCUT2D eigenvalue weighted by Crippen LogP contribution is 2.30. The van der Waals surface area contributed by atoms with E-state index >= 15 is 0 Å². The second-order valence-electron chi connectivity index (χ2n) is 4.89. The Morgan fingerprint density at radius 3 is 2.70 bits per heavy atom. The highest BCUT2D eigenvalue weighted by molar-refractivity contribution is 5.94. The Bertz CT molecular complexity index is 631. The van der Waals surface area contributed by atoms with Crippen LogP contribution in [-0.2, 0) is 25.3 Å². The molecule has 2 amide bonds. The van der Waals surface area contributed by atoms with Crippen molar-refractivity contribution in [2.24, 2.45) is 0 Å². The normalized spacial score (nSPS) is 17.5. The van der Waals surface area contributed by atoms with Gasteiger partial charge in [-0.1, -0.05) is 6.07 Å². The van der Waals surface area contributed by atoms with Crippen molar-refractivity contribution in [3.8, 4) is 0 Å². The van der Waals surface area contributed by atoms with Crippen LogP contribution in [0.3, 0.4) is 0 Å². The van der Waals surface area contributed by atoms with Crippen LogP contribution in [0.2, 0.25) is 0 Å². The lowest BCUT2D eigenvalue weighted by atomic mass is 10.2. The van der Waals surface area contributed by atoms with E-state index < -0.39 is 36.3 Å². The van der Waals surface area contributed by atoms with Crippen LogP contribution in [0, 0.1) is 0 Å². The van der Waals surface area contributed by atoms with Crippen molar-refractivity contribution < 1.29 is 32.3 Å². The van der Waals surface area contributed by atoms with Crippen molar-refractivity contribution >= 4 is 23.5 Å². The third-order valence-electron chi connectivity index (χ3n) is 3.10. The molecule has 2 N–H and O–H groups in total. The second kappa shape index (κ2) is 6.67. The molecule has 1 fully saturated rings. The Labute approximate surface area is 129 Å². The summed E-state index contributed by atoms with van der Waals surface area (Å²) < 4.78 is 42.4. The van der Waals surface area contributed by atoms with Gasteiger partial charge in [-0.2, -0.15) is 13.2 Å². The largest absolute Gasteiger partial charge is 0.454 e. The minimum Gasteiger partial charge on any atom is -0.454 e. The minimum atomic E-state index is -4.52. The smallest absolute Gasteiger partial charge is 0.416 e. The van der Waals surface area contributed by atoms with Gasteiger partial charge in [-0.25, -0.2) is 4.79 Å². The maximum Gasteiger partial charge on any atom is 0.416 e. The average Bonchev–Trinajstić information content (AvgIpc) is 2.91. The fourth-order valence-electron chi connectivity index (χ4n) is 2.00. The van der Waals surface area contributed by atoms with Crippen molar-refractivity contribution in [1.82, 2.24) is 5.32 Å². The van der Waals surface area contributed by atoms with Gasteiger partial charge in [0, 0.05) is 12.1 Å². The molecule has 1 aliphatic rings. The quantitative estimate of drug-likeness (QED) is 0.819. The van der Waals surface area contributed by atoms with E-state index in [1.807, 2.05) is 0 Å². The van der Waals surface area contributed by atoms with Crippen LogP contribution < -0.4 is 10.6 Å². The maximum atomic E-state index is 12.5. The number of ether oxygens (including phenoxy) is 1. The van der Waals surface area contributed by atoms with Gasteiger partial charge in [-0.3, -0.25) is 9.59 Å². The summed E-state index contributed by atoms with van der Waals surface area (Å²) in [5, 5.41) is 4.59. The molecule has 0 radical (unpaired) electrons. The fourth-order valence-corrected chi connectivity index (χ4v) is 2.00. The summed E-state index contributed by atoms with van der Waals surface area (Å²) in [4.78, 5) is 34.1. The molecule has 6 nitrogen and oxygen atoms in total. The van der Waals surface area contributed by atoms with Gasteiger partial charge in [0.05, 0.1) is 5.56 Å². The van der Waals surface area contributed by atoms with Crippen LogP contribution in [-0.4, -0.2) is 30.4 Å². The number of amides is 2. The SMILES string of the molecule is O=C(COC(=O)[C@H]1CCC(=O)N1)Nc1cccc(C(F)(F)F)c1. The number of nitrogens with one attached hydrogen (secondary N) is 2. The number of hydrogen-bond donors (Lipinski definition) is 2. The highest BCUT2D eigenvalue weighted by Gasteiger charge is 2.31. The molecule has 1 aliphatic heterocycles. The first kappa shape index (κ1) is 16.8. The molecule has 1 atom stereocenters. The fraction of sp³-hybridized carbons (Fsp3) is 0.357. The zero-order valence-corrected chi connectivity index (χ0v) is 11.8. The number of esters is 1. The third-order valence-corrected chi connectivity index (χ3v) is 3.10. The summed E-state index contributed by atoms with van der Waals surface area (Å²) in [6.45, 7) is -0.651. The molecule has 0 aromatic heterocycles. The number of carbonyl (C=O) groups is 3. The molecule has 0 spiro atoms. The zero-order valence-electron chi connectivity index (χ0n) is 11.8. The van der Waals surface area contributed by atoms with Gasteiger partial charge in [0.2, 0.25) is 5.91 Å². The Morgan fingerprint density at radius 1 is 1.35 bits per heavy atom. The summed E-state index contributed by atoms with van der Waals surface area (Å²) in [6.07, 6.45) is -4.03. The molecule has 1 aromatic carbocycles. The number of anilines is 1. The van der Waals surface area contributed by atoms with Gasteiger partial charge < -0.3 is 15.4 Å². The summed E-state index contributed by atoms with van der Waals surface area (Å²) >= 11 is 0. The topological polar surface area (TPSA) is 84.5 Å².